The highest BCUT2D eigenvalue weighted by Crippen LogP contribution is 2.29. The molecule has 0 unspecified atom stereocenters. The quantitative estimate of drug-likeness (QED) is 0.257. The predicted octanol–water partition coefficient (Wildman–Crippen LogP) is 9.12. The summed E-state index contributed by atoms with van der Waals surface area (Å²) in [6, 6.07) is 10.3. The standard InChI is InChI=1S/C29H44O2/c1-3-5-7-9-11-13-15-19-24-23-25-20-17-18-22-27(25)28(29(30)31)26(24)21-16-14-12-10-8-6-4-2/h17-18,20,22-23H,3-16,19,21H2,1-2H3,(H,30,31). The van der Waals surface area contributed by atoms with E-state index in [1.807, 2.05) is 18.2 Å². The smallest absolute Gasteiger partial charge is 0.336 e. The molecule has 0 aromatic heterocycles. The van der Waals surface area contributed by atoms with E-state index in [2.05, 4.69) is 26.0 Å². The predicted molar refractivity (Wildman–Crippen MR) is 134 cm³/mol. The molecule has 0 radical (unpaired) electrons. The monoisotopic (exact) mass is 424 g/mol. The number of hydrogen-bond acceptors (Lipinski definition) is 1. The SMILES string of the molecule is CCCCCCCCCc1cc2ccccc2c(C(=O)O)c1CCCCCCCCC. The summed E-state index contributed by atoms with van der Waals surface area (Å²) < 4.78 is 0. The van der Waals surface area contributed by atoms with Crippen LogP contribution in [-0.4, -0.2) is 11.1 Å². The molecule has 0 saturated heterocycles. The lowest BCUT2D eigenvalue weighted by Gasteiger charge is -2.16. The number of hydrogen-bond donors (Lipinski definition) is 1. The van der Waals surface area contributed by atoms with Crippen molar-refractivity contribution < 1.29 is 9.90 Å². The van der Waals surface area contributed by atoms with E-state index < -0.39 is 5.97 Å². The topological polar surface area (TPSA) is 37.3 Å². The molecule has 0 amide bonds. The van der Waals surface area contributed by atoms with Crippen LogP contribution in [0.25, 0.3) is 10.8 Å². The minimum atomic E-state index is -0.768. The molecule has 172 valence electrons. The van der Waals surface area contributed by atoms with Gasteiger partial charge in [-0.05, 0) is 47.6 Å². The molecule has 2 aromatic rings. The van der Waals surface area contributed by atoms with Gasteiger partial charge in [0.15, 0.2) is 0 Å². The van der Waals surface area contributed by atoms with Crippen molar-refractivity contribution in [2.45, 2.75) is 117 Å². The molecule has 0 heterocycles. The normalized spacial score (nSPS) is 11.3. The summed E-state index contributed by atoms with van der Waals surface area (Å²) in [6.07, 6.45) is 19.7. The number of fused-ring (bicyclic) bond motifs is 1. The van der Waals surface area contributed by atoms with E-state index in [9.17, 15) is 9.90 Å². The van der Waals surface area contributed by atoms with Gasteiger partial charge in [0.25, 0.3) is 0 Å². The maximum absolute atomic E-state index is 12.3. The van der Waals surface area contributed by atoms with Crippen molar-refractivity contribution in [3.8, 4) is 0 Å². The number of aryl methyl sites for hydroxylation is 1. The Hall–Kier alpha value is -1.83. The second-order valence-electron chi connectivity index (χ2n) is 9.16. The fourth-order valence-corrected chi connectivity index (χ4v) is 4.73. The van der Waals surface area contributed by atoms with E-state index in [4.69, 9.17) is 0 Å². The summed E-state index contributed by atoms with van der Waals surface area (Å²) in [5.74, 6) is -0.768. The zero-order valence-electron chi connectivity index (χ0n) is 20.1. The second-order valence-corrected chi connectivity index (χ2v) is 9.16. The number of rotatable bonds is 17. The zero-order chi connectivity index (χ0) is 22.3. The lowest BCUT2D eigenvalue weighted by Crippen LogP contribution is -2.08. The van der Waals surface area contributed by atoms with Crippen LogP contribution >= 0.6 is 0 Å². The third-order valence-corrected chi connectivity index (χ3v) is 6.54. The molecule has 0 aliphatic heterocycles. The van der Waals surface area contributed by atoms with Gasteiger partial charge in [0, 0.05) is 0 Å². The Bertz CT molecular complexity index is 778. The van der Waals surface area contributed by atoms with Crippen molar-refractivity contribution in [1.82, 2.24) is 0 Å². The van der Waals surface area contributed by atoms with Gasteiger partial charge in [-0.2, -0.15) is 0 Å². The number of aromatic carboxylic acids is 1. The molecule has 2 aromatic carbocycles. The van der Waals surface area contributed by atoms with E-state index >= 15 is 0 Å². The third kappa shape index (κ3) is 8.67. The second kappa shape index (κ2) is 15.1. The molecule has 0 fully saturated rings. The van der Waals surface area contributed by atoms with E-state index in [0.717, 1.165) is 42.0 Å². The molecule has 31 heavy (non-hydrogen) atoms. The van der Waals surface area contributed by atoms with Gasteiger partial charge in [-0.3, -0.25) is 0 Å². The highest BCUT2D eigenvalue weighted by Gasteiger charge is 2.18. The first-order valence-corrected chi connectivity index (χ1v) is 13.0. The molecule has 0 atom stereocenters. The lowest BCUT2D eigenvalue weighted by atomic mass is 9.88. The van der Waals surface area contributed by atoms with Gasteiger partial charge in [0.05, 0.1) is 5.56 Å². The number of carboxylic acid groups (broad SMARTS) is 1. The van der Waals surface area contributed by atoms with Crippen molar-refractivity contribution in [2.75, 3.05) is 0 Å². The largest absolute Gasteiger partial charge is 0.478 e. The van der Waals surface area contributed by atoms with Crippen molar-refractivity contribution in [3.05, 3.63) is 47.0 Å². The average Bonchev–Trinajstić information content (AvgIpc) is 2.77. The maximum atomic E-state index is 12.3. The maximum Gasteiger partial charge on any atom is 0.336 e. The number of unbranched alkanes of at least 4 members (excludes halogenated alkanes) is 12. The van der Waals surface area contributed by atoms with Crippen LogP contribution in [0.2, 0.25) is 0 Å². The van der Waals surface area contributed by atoms with Crippen LogP contribution in [0.3, 0.4) is 0 Å². The van der Waals surface area contributed by atoms with Crippen LogP contribution in [0.1, 0.15) is 125 Å². The number of carbonyl (C=O) groups is 1. The van der Waals surface area contributed by atoms with Crippen molar-refractivity contribution in [3.63, 3.8) is 0 Å². The molecule has 0 spiro atoms. The molecule has 2 heteroatoms. The minimum absolute atomic E-state index is 0.557. The molecule has 0 aliphatic rings. The Kier molecular flexibility index (Phi) is 12.3. The summed E-state index contributed by atoms with van der Waals surface area (Å²) >= 11 is 0. The van der Waals surface area contributed by atoms with Gasteiger partial charge in [0.2, 0.25) is 0 Å². The number of carboxylic acids is 1. The van der Waals surface area contributed by atoms with E-state index in [1.165, 1.54) is 82.6 Å². The first-order valence-electron chi connectivity index (χ1n) is 13.0. The van der Waals surface area contributed by atoms with Crippen molar-refractivity contribution in [2.24, 2.45) is 0 Å². The van der Waals surface area contributed by atoms with Crippen LogP contribution in [0, 0.1) is 0 Å². The third-order valence-electron chi connectivity index (χ3n) is 6.54. The molecule has 0 bridgehead atoms. The fraction of sp³-hybridized carbons (Fsp3) is 0.621. The van der Waals surface area contributed by atoms with Crippen molar-refractivity contribution >= 4 is 16.7 Å². The summed E-state index contributed by atoms with van der Waals surface area (Å²) in [7, 11) is 0. The molecule has 0 saturated carbocycles. The summed E-state index contributed by atoms with van der Waals surface area (Å²) in [6.45, 7) is 4.51. The fourth-order valence-electron chi connectivity index (χ4n) is 4.73. The first-order chi connectivity index (χ1) is 15.2. The van der Waals surface area contributed by atoms with Gasteiger partial charge >= 0.3 is 5.97 Å². The van der Waals surface area contributed by atoms with Crippen LogP contribution in [-0.2, 0) is 12.8 Å². The Morgan fingerprint density at radius 3 is 1.81 bits per heavy atom. The Morgan fingerprint density at radius 1 is 0.710 bits per heavy atom. The van der Waals surface area contributed by atoms with Crippen LogP contribution in [0.4, 0.5) is 0 Å². The molecular weight excluding hydrogens is 380 g/mol. The lowest BCUT2D eigenvalue weighted by molar-refractivity contribution is 0.0697. The van der Waals surface area contributed by atoms with Gasteiger partial charge in [-0.25, -0.2) is 4.79 Å². The Morgan fingerprint density at radius 2 is 1.23 bits per heavy atom. The number of benzene rings is 2. The Labute approximate surface area is 190 Å². The molecular formula is C29H44O2. The van der Waals surface area contributed by atoms with E-state index in [0.29, 0.717) is 5.56 Å². The van der Waals surface area contributed by atoms with Gasteiger partial charge in [-0.15, -0.1) is 0 Å². The van der Waals surface area contributed by atoms with E-state index in [1.54, 1.807) is 0 Å². The minimum Gasteiger partial charge on any atom is -0.478 e. The summed E-state index contributed by atoms with van der Waals surface area (Å²) in [5.41, 5.74) is 2.93. The molecule has 2 rings (SSSR count). The van der Waals surface area contributed by atoms with Gasteiger partial charge < -0.3 is 5.11 Å². The van der Waals surface area contributed by atoms with Crippen LogP contribution in [0.15, 0.2) is 30.3 Å². The van der Waals surface area contributed by atoms with Crippen molar-refractivity contribution in [1.29, 1.82) is 0 Å². The molecule has 0 aliphatic carbocycles. The van der Waals surface area contributed by atoms with Gasteiger partial charge in [0.1, 0.15) is 0 Å². The average molecular weight is 425 g/mol. The highest BCUT2D eigenvalue weighted by atomic mass is 16.4. The molecule has 2 nitrogen and oxygen atoms in total. The highest BCUT2D eigenvalue weighted by molar-refractivity contribution is 6.05. The zero-order valence-corrected chi connectivity index (χ0v) is 20.1. The van der Waals surface area contributed by atoms with Crippen LogP contribution in [0.5, 0.6) is 0 Å². The summed E-state index contributed by atoms with van der Waals surface area (Å²) in [4.78, 5) is 12.3. The first kappa shape index (κ1) is 25.4. The molecule has 1 N–H and O–H groups in total. The van der Waals surface area contributed by atoms with Gasteiger partial charge in [-0.1, -0.05) is 121 Å². The Balaban J connectivity index is 2.07. The van der Waals surface area contributed by atoms with Crippen LogP contribution < -0.4 is 0 Å². The van der Waals surface area contributed by atoms with E-state index in [-0.39, 0.29) is 0 Å². The summed E-state index contributed by atoms with van der Waals surface area (Å²) in [5, 5.41) is 12.0.